The van der Waals surface area contributed by atoms with Crippen LogP contribution in [0.3, 0.4) is 0 Å². The Morgan fingerprint density at radius 3 is 2.34 bits per heavy atom. The molecule has 0 heterocycles. The minimum absolute atomic E-state index is 0.0548. The number of benzene rings is 3. The van der Waals surface area contributed by atoms with Crippen LogP contribution >= 0.6 is 0 Å². The fourth-order valence-corrected chi connectivity index (χ4v) is 4.75. The van der Waals surface area contributed by atoms with Crippen molar-refractivity contribution in [3.63, 3.8) is 0 Å². The second-order valence-corrected chi connectivity index (χ2v) is 9.69. The lowest BCUT2D eigenvalue weighted by molar-refractivity contribution is -0.114. The average molecular weight is 497 g/mol. The fourth-order valence-electron chi connectivity index (χ4n) is 3.34. The number of amides is 1. The van der Waals surface area contributed by atoms with Gasteiger partial charge in [0.15, 0.2) is 0 Å². The zero-order valence-electron chi connectivity index (χ0n) is 20.1. The number of aryl methyl sites for hydroxylation is 2. The molecule has 184 valence electrons. The van der Waals surface area contributed by atoms with Gasteiger partial charge < -0.3 is 14.8 Å². The first-order valence-electron chi connectivity index (χ1n) is 11.0. The highest BCUT2D eigenvalue weighted by atomic mass is 32.2. The van der Waals surface area contributed by atoms with Crippen molar-refractivity contribution >= 4 is 33.3 Å². The van der Waals surface area contributed by atoms with E-state index >= 15 is 0 Å². The topological polar surface area (TPSA) is 102 Å². The number of anilines is 2. The minimum atomic E-state index is -4.08. The highest BCUT2D eigenvalue weighted by Crippen LogP contribution is 2.27. The molecular weight excluding hydrogens is 468 g/mol. The predicted molar refractivity (Wildman–Crippen MR) is 134 cm³/mol. The van der Waals surface area contributed by atoms with E-state index in [0.29, 0.717) is 17.0 Å². The minimum Gasteiger partial charge on any atom is -0.497 e. The summed E-state index contributed by atoms with van der Waals surface area (Å²) in [5, 5.41) is 2.73. The van der Waals surface area contributed by atoms with Gasteiger partial charge in [-0.1, -0.05) is 29.8 Å². The molecule has 1 N–H and O–H groups in total. The van der Waals surface area contributed by atoms with Gasteiger partial charge in [0.05, 0.1) is 29.9 Å². The molecule has 3 aromatic rings. The van der Waals surface area contributed by atoms with Gasteiger partial charge in [0.1, 0.15) is 12.3 Å². The zero-order chi connectivity index (χ0) is 25.6. The van der Waals surface area contributed by atoms with Gasteiger partial charge in [-0.3, -0.25) is 9.10 Å². The molecule has 0 aromatic heterocycles. The first-order chi connectivity index (χ1) is 16.6. The van der Waals surface area contributed by atoms with E-state index in [9.17, 15) is 18.0 Å². The lowest BCUT2D eigenvalue weighted by Gasteiger charge is -2.24. The Labute approximate surface area is 205 Å². The maximum absolute atomic E-state index is 13.6. The number of methoxy groups -OCH3 is 1. The van der Waals surface area contributed by atoms with Gasteiger partial charge in [0.25, 0.3) is 10.0 Å². The summed E-state index contributed by atoms with van der Waals surface area (Å²) in [6, 6.07) is 17.7. The lowest BCUT2D eigenvalue weighted by atomic mass is 10.1. The molecule has 1 amide bonds. The Morgan fingerprint density at radius 1 is 0.971 bits per heavy atom. The molecule has 0 aliphatic rings. The number of nitrogens with one attached hydrogen (secondary N) is 1. The normalized spacial score (nSPS) is 11.0. The first-order valence-corrected chi connectivity index (χ1v) is 12.4. The van der Waals surface area contributed by atoms with Gasteiger partial charge in [-0.25, -0.2) is 13.2 Å². The van der Waals surface area contributed by atoms with Crippen LogP contribution in [-0.4, -0.2) is 40.6 Å². The number of carbonyl (C=O) groups excluding carboxylic acids is 2. The third-order valence-corrected chi connectivity index (χ3v) is 7.05. The molecule has 0 fully saturated rings. The Kier molecular flexibility index (Phi) is 8.14. The monoisotopic (exact) mass is 496 g/mol. The van der Waals surface area contributed by atoms with Crippen molar-refractivity contribution in [3.8, 4) is 5.75 Å². The van der Waals surface area contributed by atoms with E-state index < -0.39 is 28.4 Å². The van der Waals surface area contributed by atoms with Crippen molar-refractivity contribution in [1.29, 1.82) is 0 Å². The van der Waals surface area contributed by atoms with E-state index in [1.807, 2.05) is 6.92 Å². The third-order valence-electron chi connectivity index (χ3n) is 5.26. The fraction of sp³-hybridized carbons (Fsp3) is 0.231. The molecule has 0 spiro atoms. The van der Waals surface area contributed by atoms with Crippen LogP contribution in [-0.2, 0) is 19.6 Å². The van der Waals surface area contributed by atoms with Gasteiger partial charge >= 0.3 is 5.97 Å². The second kappa shape index (κ2) is 11.1. The van der Waals surface area contributed by atoms with E-state index in [2.05, 4.69) is 5.32 Å². The average Bonchev–Trinajstić information content (AvgIpc) is 2.84. The van der Waals surface area contributed by atoms with Gasteiger partial charge in [0.2, 0.25) is 5.91 Å². The molecule has 3 rings (SSSR count). The van der Waals surface area contributed by atoms with E-state index in [-0.39, 0.29) is 22.8 Å². The molecule has 0 saturated carbocycles. The molecule has 35 heavy (non-hydrogen) atoms. The standard InChI is InChI=1S/C26H28N2O6S/c1-5-34-26(30)20-12-11-19(3)24(15-20)27-25(29)17-28(21-7-6-8-22(16-21)33-4)35(31,32)23-13-9-18(2)10-14-23/h6-16H,5,17H2,1-4H3,(H,27,29). The van der Waals surface area contributed by atoms with Crippen molar-refractivity contribution in [3.05, 3.63) is 83.4 Å². The van der Waals surface area contributed by atoms with Crippen molar-refractivity contribution in [2.75, 3.05) is 29.9 Å². The summed E-state index contributed by atoms with van der Waals surface area (Å²) < 4.78 is 38.4. The number of rotatable bonds is 9. The third kappa shape index (κ3) is 6.19. The molecule has 0 radical (unpaired) electrons. The van der Waals surface area contributed by atoms with Crippen molar-refractivity contribution in [2.24, 2.45) is 0 Å². The molecule has 0 unspecified atom stereocenters. The van der Waals surface area contributed by atoms with Gasteiger partial charge in [-0.2, -0.15) is 0 Å². The summed E-state index contributed by atoms with van der Waals surface area (Å²) in [5.74, 6) is -0.638. The van der Waals surface area contributed by atoms with Gasteiger partial charge in [-0.15, -0.1) is 0 Å². The zero-order valence-corrected chi connectivity index (χ0v) is 20.9. The van der Waals surface area contributed by atoms with Crippen LogP contribution in [0.2, 0.25) is 0 Å². The smallest absolute Gasteiger partial charge is 0.338 e. The van der Waals surface area contributed by atoms with Crippen LogP contribution in [0.5, 0.6) is 5.75 Å². The van der Waals surface area contributed by atoms with Crippen LogP contribution in [0.25, 0.3) is 0 Å². The number of hydrogen-bond donors (Lipinski definition) is 1. The molecule has 0 aliphatic carbocycles. The van der Waals surface area contributed by atoms with Crippen LogP contribution in [0.1, 0.15) is 28.4 Å². The van der Waals surface area contributed by atoms with E-state index in [4.69, 9.17) is 9.47 Å². The number of nitrogens with zero attached hydrogens (tertiary/aromatic N) is 1. The SMILES string of the molecule is CCOC(=O)c1ccc(C)c(NC(=O)CN(c2cccc(OC)c2)S(=O)(=O)c2ccc(C)cc2)c1. The summed E-state index contributed by atoms with van der Waals surface area (Å²) in [6.07, 6.45) is 0. The molecule has 0 saturated heterocycles. The summed E-state index contributed by atoms with van der Waals surface area (Å²) in [7, 11) is -2.60. The number of hydrogen-bond acceptors (Lipinski definition) is 6. The highest BCUT2D eigenvalue weighted by Gasteiger charge is 2.28. The predicted octanol–water partition coefficient (Wildman–Crippen LogP) is 4.32. The lowest BCUT2D eigenvalue weighted by Crippen LogP contribution is -2.38. The molecule has 0 aliphatic heterocycles. The van der Waals surface area contributed by atoms with Gasteiger partial charge in [0, 0.05) is 11.8 Å². The van der Waals surface area contributed by atoms with Gasteiger partial charge in [-0.05, 0) is 62.7 Å². The van der Waals surface area contributed by atoms with Crippen molar-refractivity contribution < 1.29 is 27.5 Å². The number of carbonyl (C=O) groups is 2. The molecule has 0 bridgehead atoms. The Bertz CT molecular complexity index is 1320. The second-order valence-electron chi connectivity index (χ2n) is 7.82. The number of esters is 1. The van der Waals surface area contributed by atoms with Crippen molar-refractivity contribution in [1.82, 2.24) is 0 Å². The Balaban J connectivity index is 1.95. The molecular formula is C26H28N2O6S. The van der Waals surface area contributed by atoms with E-state index in [0.717, 1.165) is 9.87 Å². The molecule has 3 aromatic carbocycles. The number of ether oxygens (including phenoxy) is 2. The van der Waals surface area contributed by atoms with E-state index in [1.165, 1.54) is 25.3 Å². The molecule has 8 nitrogen and oxygen atoms in total. The molecule has 0 atom stereocenters. The van der Waals surface area contributed by atoms with Crippen molar-refractivity contribution in [2.45, 2.75) is 25.7 Å². The summed E-state index contributed by atoms with van der Waals surface area (Å²) >= 11 is 0. The first kappa shape index (κ1) is 25.8. The molecule has 9 heteroatoms. The quantitative estimate of drug-likeness (QED) is 0.443. The van der Waals surface area contributed by atoms with Crippen LogP contribution in [0.15, 0.2) is 71.6 Å². The summed E-state index contributed by atoms with van der Waals surface area (Å²) in [6.45, 7) is 5.06. The summed E-state index contributed by atoms with van der Waals surface area (Å²) in [4.78, 5) is 25.2. The highest BCUT2D eigenvalue weighted by molar-refractivity contribution is 7.92. The largest absolute Gasteiger partial charge is 0.497 e. The maximum Gasteiger partial charge on any atom is 0.338 e. The van der Waals surface area contributed by atoms with E-state index in [1.54, 1.807) is 62.4 Å². The summed E-state index contributed by atoms with van der Waals surface area (Å²) in [5.41, 5.74) is 2.56. The number of sulfonamides is 1. The maximum atomic E-state index is 13.6. The Morgan fingerprint density at radius 2 is 1.69 bits per heavy atom. The van der Waals surface area contributed by atoms with Crippen LogP contribution < -0.4 is 14.4 Å². The van der Waals surface area contributed by atoms with Crippen LogP contribution in [0.4, 0.5) is 11.4 Å². The van der Waals surface area contributed by atoms with Crippen LogP contribution in [0, 0.1) is 13.8 Å². The Hall–Kier alpha value is -3.85.